The lowest BCUT2D eigenvalue weighted by atomic mass is 10.1. The van der Waals surface area contributed by atoms with Gasteiger partial charge in [0.1, 0.15) is 0 Å². The summed E-state index contributed by atoms with van der Waals surface area (Å²) < 4.78 is 16.5. The molecule has 0 spiro atoms. The van der Waals surface area contributed by atoms with Crippen LogP contribution in [0.3, 0.4) is 0 Å². The molecule has 0 aliphatic rings. The van der Waals surface area contributed by atoms with E-state index in [9.17, 15) is 0 Å². The Labute approximate surface area is 101 Å². The number of nitrogens with zero attached hydrogens (tertiary/aromatic N) is 2. The Balaban J connectivity index is 2.64. The van der Waals surface area contributed by atoms with Gasteiger partial charge in [-0.05, 0) is 34.1 Å². The van der Waals surface area contributed by atoms with Crippen LogP contribution in [0.4, 0.5) is 0 Å². The summed E-state index contributed by atoms with van der Waals surface area (Å²) in [6, 6.07) is 7.48. The molecule has 0 amide bonds. The molecule has 1 aromatic carbocycles. The summed E-state index contributed by atoms with van der Waals surface area (Å²) in [5, 5.41) is 0. The van der Waals surface area contributed by atoms with Gasteiger partial charge in [-0.2, -0.15) is 0 Å². The SMILES string of the molecule is [2H]c1nc(Br)nc(-c2cccc(Br)c2)c1[2H]. The van der Waals surface area contributed by atoms with E-state index in [0.717, 1.165) is 10.0 Å². The van der Waals surface area contributed by atoms with Gasteiger partial charge in [-0.25, -0.2) is 9.97 Å². The summed E-state index contributed by atoms with van der Waals surface area (Å²) in [6.45, 7) is 0. The van der Waals surface area contributed by atoms with Crippen LogP contribution in [0.2, 0.25) is 0 Å². The third-order valence-electron chi connectivity index (χ3n) is 1.62. The first kappa shape index (κ1) is 7.54. The molecule has 0 unspecified atom stereocenters. The lowest BCUT2D eigenvalue weighted by Gasteiger charge is -2.00. The van der Waals surface area contributed by atoms with E-state index in [-0.39, 0.29) is 12.2 Å². The predicted molar refractivity (Wildman–Crippen MR) is 62.9 cm³/mol. The van der Waals surface area contributed by atoms with Crippen molar-refractivity contribution in [1.82, 2.24) is 9.97 Å². The molecule has 2 nitrogen and oxygen atoms in total. The normalized spacial score (nSPS) is 12.1. The molecular weight excluding hydrogens is 308 g/mol. The fourth-order valence-corrected chi connectivity index (χ4v) is 1.71. The monoisotopic (exact) mass is 314 g/mol. The van der Waals surface area contributed by atoms with Gasteiger partial charge < -0.3 is 0 Å². The van der Waals surface area contributed by atoms with E-state index < -0.39 is 0 Å². The zero-order chi connectivity index (χ0) is 11.7. The third-order valence-corrected chi connectivity index (χ3v) is 2.47. The Morgan fingerprint density at radius 3 is 2.93 bits per heavy atom. The van der Waals surface area contributed by atoms with E-state index in [1.165, 1.54) is 0 Å². The quantitative estimate of drug-likeness (QED) is 0.750. The van der Waals surface area contributed by atoms with Crippen LogP contribution in [-0.2, 0) is 0 Å². The van der Waals surface area contributed by atoms with Crippen LogP contribution in [0.1, 0.15) is 2.74 Å². The molecule has 0 aliphatic heterocycles. The summed E-state index contributed by atoms with van der Waals surface area (Å²) in [6.07, 6.45) is -0.0862. The van der Waals surface area contributed by atoms with Crippen LogP contribution >= 0.6 is 31.9 Å². The van der Waals surface area contributed by atoms with E-state index in [1.807, 2.05) is 24.3 Å². The molecule has 14 heavy (non-hydrogen) atoms. The van der Waals surface area contributed by atoms with Crippen molar-refractivity contribution in [1.29, 1.82) is 0 Å². The first-order valence-electron chi connectivity index (χ1n) is 4.84. The minimum Gasteiger partial charge on any atom is -0.231 e. The Hall–Kier alpha value is -0.740. The van der Waals surface area contributed by atoms with Crippen molar-refractivity contribution in [3.8, 4) is 11.3 Å². The van der Waals surface area contributed by atoms with Crippen molar-refractivity contribution in [2.75, 3.05) is 0 Å². The molecule has 0 atom stereocenters. The van der Waals surface area contributed by atoms with Crippen LogP contribution in [0.15, 0.2) is 45.7 Å². The summed E-state index contributed by atoms with van der Waals surface area (Å²) >= 11 is 6.48. The predicted octanol–water partition coefficient (Wildman–Crippen LogP) is 3.67. The fourth-order valence-electron chi connectivity index (χ4n) is 1.04. The molecule has 0 saturated carbocycles. The van der Waals surface area contributed by atoms with E-state index in [0.29, 0.717) is 10.4 Å². The van der Waals surface area contributed by atoms with Gasteiger partial charge in [0.2, 0.25) is 0 Å². The fraction of sp³-hybridized carbons (Fsp3) is 0. The highest BCUT2D eigenvalue weighted by atomic mass is 79.9. The second kappa shape index (κ2) is 4.19. The van der Waals surface area contributed by atoms with Crippen LogP contribution < -0.4 is 0 Å². The highest BCUT2D eigenvalue weighted by Gasteiger charge is 2.00. The number of rotatable bonds is 1. The van der Waals surface area contributed by atoms with E-state index >= 15 is 0 Å². The highest BCUT2D eigenvalue weighted by Crippen LogP contribution is 2.21. The Morgan fingerprint density at radius 1 is 1.29 bits per heavy atom. The van der Waals surface area contributed by atoms with Crippen molar-refractivity contribution in [3.05, 3.63) is 45.7 Å². The Bertz CT molecular complexity index is 546. The molecule has 1 aromatic heterocycles. The zero-order valence-electron chi connectivity index (χ0n) is 8.96. The van der Waals surface area contributed by atoms with Gasteiger partial charge in [0.25, 0.3) is 0 Å². The first-order valence-corrected chi connectivity index (χ1v) is 5.43. The molecule has 2 rings (SSSR count). The number of benzene rings is 1. The highest BCUT2D eigenvalue weighted by molar-refractivity contribution is 9.10. The van der Waals surface area contributed by atoms with Gasteiger partial charge in [0.15, 0.2) is 4.73 Å². The van der Waals surface area contributed by atoms with Crippen molar-refractivity contribution in [3.63, 3.8) is 0 Å². The molecule has 0 N–H and O–H groups in total. The molecular formula is C10H6Br2N2. The Morgan fingerprint density at radius 2 is 2.14 bits per heavy atom. The van der Waals surface area contributed by atoms with Crippen LogP contribution in [0.5, 0.6) is 0 Å². The van der Waals surface area contributed by atoms with Crippen molar-refractivity contribution in [2.45, 2.75) is 0 Å². The van der Waals surface area contributed by atoms with Crippen molar-refractivity contribution in [2.24, 2.45) is 0 Å². The van der Waals surface area contributed by atoms with Gasteiger partial charge in [0.05, 0.1) is 8.44 Å². The molecule has 0 aliphatic carbocycles. The zero-order valence-corrected chi connectivity index (χ0v) is 10.1. The summed E-state index contributed by atoms with van der Waals surface area (Å²) in [5.74, 6) is 0. The molecule has 0 saturated heterocycles. The molecule has 2 aromatic rings. The van der Waals surface area contributed by atoms with E-state index in [1.54, 1.807) is 0 Å². The maximum Gasteiger partial charge on any atom is 0.197 e. The standard InChI is InChI=1S/C10H6Br2N2/c11-8-3-1-2-7(6-8)9-4-5-13-10(12)14-9/h1-6H/i4D,5D. The number of hydrogen-bond acceptors (Lipinski definition) is 2. The number of aromatic nitrogens is 2. The van der Waals surface area contributed by atoms with Crippen LogP contribution in [0.25, 0.3) is 11.3 Å². The average Bonchev–Trinajstić information content (AvgIpc) is 2.23. The van der Waals surface area contributed by atoms with Gasteiger partial charge in [-0.15, -0.1) is 0 Å². The lowest BCUT2D eigenvalue weighted by Crippen LogP contribution is -1.86. The molecule has 4 heteroatoms. The van der Waals surface area contributed by atoms with E-state index in [4.69, 9.17) is 2.74 Å². The van der Waals surface area contributed by atoms with Gasteiger partial charge in [-0.3, -0.25) is 0 Å². The average molecular weight is 316 g/mol. The van der Waals surface area contributed by atoms with Crippen LogP contribution in [0, 0.1) is 0 Å². The first-order chi connectivity index (χ1) is 7.58. The minimum absolute atomic E-state index is 0.0290. The molecule has 0 radical (unpaired) electrons. The van der Waals surface area contributed by atoms with Gasteiger partial charge in [0, 0.05) is 16.2 Å². The largest absolute Gasteiger partial charge is 0.231 e. The Kier molecular flexibility index (Phi) is 2.26. The van der Waals surface area contributed by atoms with Gasteiger partial charge >= 0.3 is 0 Å². The molecule has 1 heterocycles. The van der Waals surface area contributed by atoms with Gasteiger partial charge in [-0.1, -0.05) is 28.1 Å². The second-order valence-electron chi connectivity index (χ2n) is 2.59. The summed E-state index contributed by atoms with van der Waals surface area (Å²) in [7, 11) is 0. The second-order valence-corrected chi connectivity index (χ2v) is 4.21. The molecule has 0 bridgehead atoms. The van der Waals surface area contributed by atoms with E-state index in [2.05, 4.69) is 41.8 Å². The third kappa shape index (κ3) is 2.19. The van der Waals surface area contributed by atoms with Crippen molar-refractivity contribution >= 4 is 31.9 Å². The smallest absolute Gasteiger partial charge is 0.197 e. The summed E-state index contributed by atoms with van der Waals surface area (Å²) in [5.41, 5.74) is 1.24. The lowest BCUT2D eigenvalue weighted by molar-refractivity contribution is 1.12. The number of halogens is 2. The molecule has 0 fully saturated rings. The van der Waals surface area contributed by atoms with Crippen molar-refractivity contribution < 1.29 is 2.74 Å². The van der Waals surface area contributed by atoms with Crippen LogP contribution in [-0.4, -0.2) is 9.97 Å². The number of hydrogen-bond donors (Lipinski definition) is 0. The topological polar surface area (TPSA) is 25.8 Å². The molecule has 70 valence electrons. The summed E-state index contributed by atoms with van der Waals surface area (Å²) in [4.78, 5) is 7.88. The maximum absolute atomic E-state index is 7.75. The minimum atomic E-state index is -0.0862. The maximum atomic E-state index is 7.75.